The zero-order valence-electron chi connectivity index (χ0n) is 12.1. The summed E-state index contributed by atoms with van der Waals surface area (Å²) in [4.78, 5) is 14.2. The molecule has 1 amide bonds. The molecule has 1 aliphatic carbocycles. The van der Waals surface area contributed by atoms with Crippen LogP contribution in [0.15, 0.2) is 24.3 Å². The van der Waals surface area contributed by atoms with Crippen LogP contribution in [-0.2, 0) is 0 Å². The highest BCUT2D eigenvalue weighted by Gasteiger charge is 2.39. The fraction of sp³-hybridized carbons (Fsp3) is 0.500. The van der Waals surface area contributed by atoms with Gasteiger partial charge in [0.1, 0.15) is 11.3 Å². The molecular weight excluding hydrogens is 252 g/mol. The van der Waals surface area contributed by atoms with Gasteiger partial charge in [-0.05, 0) is 37.1 Å². The molecule has 0 spiro atoms. The molecule has 1 aromatic carbocycles. The first kappa shape index (κ1) is 14.4. The van der Waals surface area contributed by atoms with E-state index in [1.807, 2.05) is 0 Å². The Labute approximate surface area is 120 Å². The summed E-state index contributed by atoms with van der Waals surface area (Å²) in [6.07, 6.45) is 4.69. The van der Waals surface area contributed by atoms with Crippen molar-refractivity contribution in [2.75, 3.05) is 14.2 Å². The maximum atomic E-state index is 12.5. The molecule has 4 nitrogen and oxygen atoms in total. The Kier molecular flexibility index (Phi) is 4.29. The van der Waals surface area contributed by atoms with Gasteiger partial charge in [0.25, 0.3) is 5.91 Å². The largest absolute Gasteiger partial charge is 0.497 e. The van der Waals surface area contributed by atoms with Crippen LogP contribution in [0.5, 0.6) is 5.75 Å². The molecule has 0 atom stereocenters. The van der Waals surface area contributed by atoms with Gasteiger partial charge in [0.2, 0.25) is 0 Å². The maximum absolute atomic E-state index is 12.5. The summed E-state index contributed by atoms with van der Waals surface area (Å²) in [5, 5.41) is 9.53. The molecule has 1 aliphatic rings. The van der Waals surface area contributed by atoms with Crippen LogP contribution in [0.25, 0.3) is 0 Å². The molecule has 20 heavy (non-hydrogen) atoms. The van der Waals surface area contributed by atoms with Gasteiger partial charge in [-0.3, -0.25) is 4.79 Å². The Bertz CT molecular complexity index is 510. The van der Waals surface area contributed by atoms with E-state index >= 15 is 0 Å². The van der Waals surface area contributed by atoms with Crippen molar-refractivity contribution in [3.63, 3.8) is 0 Å². The fourth-order valence-corrected chi connectivity index (χ4v) is 2.78. The smallest absolute Gasteiger partial charge is 0.254 e. The standard InChI is InChI=1S/C16H20N2O2/c1-18(16(12-17)10-4-3-5-11-16)15(19)13-6-8-14(20-2)9-7-13/h6-9H,3-5,10-11H2,1-2H3. The van der Waals surface area contributed by atoms with Crippen molar-refractivity contribution < 1.29 is 9.53 Å². The van der Waals surface area contributed by atoms with Gasteiger partial charge in [0.15, 0.2) is 0 Å². The van der Waals surface area contributed by atoms with Crippen LogP contribution < -0.4 is 4.74 Å². The second kappa shape index (κ2) is 5.96. The van der Waals surface area contributed by atoms with E-state index in [4.69, 9.17) is 4.74 Å². The number of carbonyl (C=O) groups excluding carboxylic acids is 1. The van der Waals surface area contributed by atoms with E-state index in [0.717, 1.165) is 37.9 Å². The highest BCUT2D eigenvalue weighted by atomic mass is 16.5. The maximum Gasteiger partial charge on any atom is 0.254 e. The summed E-state index contributed by atoms with van der Waals surface area (Å²) < 4.78 is 5.09. The van der Waals surface area contributed by atoms with Crippen molar-refractivity contribution in [1.82, 2.24) is 4.90 Å². The van der Waals surface area contributed by atoms with Gasteiger partial charge in [-0.1, -0.05) is 19.3 Å². The highest BCUT2D eigenvalue weighted by molar-refractivity contribution is 5.95. The average Bonchev–Trinajstić information content (AvgIpc) is 2.54. The summed E-state index contributed by atoms with van der Waals surface area (Å²) in [6, 6.07) is 9.38. The number of nitrogens with zero attached hydrogens (tertiary/aromatic N) is 2. The lowest BCUT2D eigenvalue weighted by molar-refractivity contribution is 0.0589. The topological polar surface area (TPSA) is 53.3 Å². The van der Waals surface area contributed by atoms with E-state index in [0.29, 0.717) is 5.56 Å². The van der Waals surface area contributed by atoms with Crippen LogP contribution in [0, 0.1) is 11.3 Å². The molecule has 1 aromatic rings. The minimum Gasteiger partial charge on any atom is -0.497 e. The number of methoxy groups -OCH3 is 1. The molecule has 0 bridgehead atoms. The van der Waals surface area contributed by atoms with E-state index in [9.17, 15) is 10.1 Å². The number of benzene rings is 1. The second-order valence-electron chi connectivity index (χ2n) is 5.30. The zero-order chi connectivity index (χ0) is 14.6. The Morgan fingerprint density at radius 2 is 1.85 bits per heavy atom. The summed E-state index contributed by atoms with van der Waals surface area (Å²) in [6.45, 7) is 0. The molecule has 0 unspecified atom stereocenters. The number of ether oxygens (including phenoxy) is 1. The van der Waals surface area contributed by atoms with Crippen LogP contribution in [0.4, 0.5) is 0 Å². The van der Waals surface area contributed by atoms with E-state index in [2.05, 4.69) is 6.07 Å². The van der Waals surface area contributed by atoms with Crippen molar-refractivity contribution in [1.29, 1.82) is 5.26 Å². The highest BCUT2D eigenvalue weighted by Crippen LogP contribution is 2.33. The van der Waals surface area contributed by atoms with E-state index in [1.54, 1.807) is 43.3 Å². The molecule has 2 rings (SSSR count). The second-order valence-corrected chi connectivity index (χ2v) is 5.30. The predicted octanol–water partition coefficient (Wildman–Crippen LogP) is 2.99. The molecule has 0 N–H and O–H groups in total. The Balaban J connectivity index is 2.20. The predicted molar refractivity (Wildman–Crippen MR) is 76.5 cm³/mol. The minimum absolute atomic E-state index is 0.101. The molecule has 106 valence electrons. The lowest BCUT2D eigenvalue weighted by Crippen LogP contribution is -2.49. The third kappa shape index (κ3) is 2.62. The number of hydrogen-bond donors (Lipinski definition) is 0. The summed E-state index contributed by atoms with van der Waals surface area (Å²) in [7, 11) is 3.33. The number of rotatable bonds is 3. The monoisotopic (exact) mass is 272 g/mol. The number of carbonyl (C=O) groups is 1. The molecule has 1 fully saturated rings. The third-order valence-corrected chi connectivity index (χ3v) is 4.17. The molecule has 0 saturated heterocycles. The van der Waals surface area contributed by atoms with Gasteiger partial charge in [-0.2, -0.15) is 5.26 Å². The molecule has 1 saturated carbocycles. The van der Waals surface area contributed by atoms with E-state index in [1.165, 1.54) is 0 Å². The van der Waals surface area contributed by atoms with Crippen LogP contribution in [-0.4, -0.2) is 30.5 Å². The number of amides is 1. The van der Waals surface area contributed by atoms with Crippen LogP contribution in [0.1, 0.15) is 42.5 Å². The van der Waals surface area contributed by atoms with Gasteiger partial charge >= 0.3 is 0 Å². The first-order valence-electron chi connectivity index (χ1n) is 6.96. The summed E-state index contributed by atoms with van der Waals surface area (Å²) >= 11 is 0. The average molecular weight is 272 g/mol. The van der Waals surface area contributed by atoms with Crippen LogP contribution in [0.3, 0.4) is 0 Å². The van der Waals surface area contributed by atoms with Crippen LogP contribution in [0.2, 0.25) is 0 Å². The minimum atomic E-state index is -0.644. The van der Waals surface area contributed by atoms with Gasteiger partial charge in [0, 0.05) is 12.6 Å². The lowest BCUT2D eigenvalue weighted by Gasteiger charge is -2.39. The van der Waals surface area contributed by atoms with Gasteiger partial charge < -0.3 is 9.64 Å². The van der Waals surface area contributed by atoms with E-state index in [-0.39, 0.29) is 5.91 Å². The van der Waals surface area contributed by atoms with Crippen LogP contribution >= 0.6 is 0 Å². The quantitative estimate of drug-likeness (QED) is 0.850. The Morgan fingerprint density at radius 3 is 2.35 bits per heavy atom. The van der Waals surface area contributed by atoms with Gasteiger partial charge in [0.05, 0.1) is 13.2 Å². The van der Waals surface area contributed by atoms with Gasteiger partial charge in [-0.25, -0.2) is 0 Å². The number of nitriles is 1. The van der Waals surface area contributed by atoms with Crippen molar-refractivity contribution in [3.05, 3.63) is 29.8 Å². The molecule has 0 aliphatic heterocycles. The lowest BCUT2D eigenvalue weighted by atomic mass is 9.81. The van der Waals surface area contributed by atoms with E-state index < -0.39 is 5.54 Å². The zero-order valence-corrected chi connectivity index (χ0v) is 12.1. The summed E-state index contributed by atoms with van der Waals surface area (Å²) in [5.74, 6) is 0.618. The van der Waals surface area contributed by atoms with Gasteiger partial charge in [-0.15, -0.1) is 0 Å². The first-order chi connectivity index (χ1) is 9.63. The summed E-state index contributed by atoms with van der Waals surface area (Å²) in [5.41, 5.74) is -0.0524. The van der Waals surface area contributed by atoms with Crippen molar-refractivity contribution >= 4 is 5.91 Å². The number of hydrogen-bond acceptors (Lipinski definition) is 3. The SMILES string of the molecule is COc1ccc(C(=O)N(C)C2(C#N)CCCCC2)cc1. The molecule has 0 aromatic heterocycles. The molecule has 0 heterocycles. The third-order valence-electron chi connectivity index (χ3n) is 4.17. The fourth-order valence-electron chi connectivity index (χ4n) is 2.78. The Hall–Kier alpha value is -2.02. The Morgan fingerprint density at radius 1 is 1.25 bits per heavy atom. The van der Waals surface area contributed by atoms with Crippen molar-refractivity contribution in [3.8, 4) is 11.8 Å². The molecular formula is C16H20N2O2. The first-order valence-corrected chi connectivity index (χ1v) is 6.96. The molecule has 4 heteroatoms. The van der Waals surface area contributed by atoms with Crippen molar-refractivity contribution in [2.45, 2.75) is 37.6 Å². The molecule has 0 radical (unpaired) electrons. The van der Waals surface area contributed by atoms with Crippen molar-refractivity contribution in [2.24, 2.45) is 0 Å². The normalized spacial score (nSPS) is 17.1.